The number of anilines is 1. The van der Waals surface area contributed by atoms with Crippen LogP contribution in [0.15, 0.2) is 18.2 Å². The number of nitrogens with one attached hydrogen (secondary N) is 2. The van der Waals surface area contributed by atoms with Gasteiger partial charge in [-0.3, -0.25) is 14.5 Å². The van der Waals surface area contributed by atoms with E-state index in [1.807, 2.05) is 6.92 Å². The molecule has 1 spiro atoms. The van der Waals surface area contributed by atoms with E-state index in [0.717, 1.165) is 24.2 Å². The summed E-state index contributed by atoms with van der Waals surface area (Å²) in [4.78, 5) is 38.4. The SMILES string of the molecule is C[C@@H]1CCCC[C@@]12NC(=O)N(CC(=O)Nc1cccc(Cl)c1Cl)C2=O. The number of benzene rings is 1. The number of carbonyl (C=O) groups is 3. The molecule has 1 aliphatic carbocycles. The van der Waals surface area contributed by atoms with Gasteiger partial charge < -0.3 is 10.6 Å². The van der Waals surface area contributed by atoms with Crippen molar-refractivity contribution in [3.8, 4) is 0 Å². The van der Waals surface area contributed by atoms with Crippen LogP contribution in [0.3, 0.4) is 0 Å². The molecule has 134 valence electrons. The second kappa shape index (κ2) is 6.84. The normalized spacial score (nSPS) is 26.0. The number of nitrogens with zero attached hydrogens (tertiary/aromatic N) is 1. The van der Waals surface area contributed by atoms with Gasteiger partial charge in [-0.2, -0.15) is 0 Å². The van der Waals surface area contributed by atoms with Crippen molar-refractivity contribution < 1.29 is 14.4 Å². The first-order valence-electron chi connectivity index (χ1n) is 8.23. The minimum Gasteiger partial charge on any atom is -0.323 e. The van der Waals surface area contributed by atoms with E-state index in [1.54, 1.807) is 18.2 Å². The van der Waals surface area contributed by atoms with Gasteiger partial charge in [0.05, 0.1) is 15.7 Å². The number of imide groups is 1. The molecule has 2 aliphatic rings. The van der Waals surface area contributed by atoms with E-state index in [9.17, 15) is 14.4 Å². The van der Waals surface area contributed by atoms with E-state index < -0.39 is 17.5 Å². The van der Waals surface area contributed by atoms with Gasteiger partial charge >= 0.3 is 6.03 Å². The smallest absolute Gasteiger partial charge is 0.323 e. The number of halogens is 2. The molecule has 2 fully saturated rings. The fraction of sp³-hybridized carbons (Fsp3) is 0.471. The van der Waals surface area contributed by atoms with Gasteiger partial charge in [-0.15, -0.1) is 0 Å². The van der Waals surface area contributed by atoms with Crippen LogP contribution in [0.4, 0.5) is 10.5 Å². The van der Waals surface area contributed by atoms with E-state index in [0.29, 0.717) is 17.1 Å². The van der Waals surface area contributed by atoms with Crippen LogP contribution in [0.5, 0.6) is 0 Å². The van der Waals surface area contributed by atoms with Gasteiger partial charge in [-0.25, -0.2) is 4.79 Å². The number of amides is 4. The van der Waals surface area contributed by atoms with E-state index in [2.05, 4.69) is 10.6 Å². The first kappa shape index (κ1) is 18.0. The Morgan fingerprint density at radius 1 is 1.36 bits per heavy atom. The molecule has 0 unspecified atom stereocenters. The lowest BCUT2D eigenvalue weighted by molar-refractivity contribution is -0.136. The molecule has 1 heterocycles. The Morgan fingerprint density at radius 2 is 2.12 bits per heavy atom. The highest BCUT2D eigenvalue weighted by Crippen LogP contribution is 2.38. The molecule has 1 saturated carbocycles. The van der Waals surface area contributed by atoms with E-state index in [1.165, 1.54) is 0 Å². The molecule has 0 aromatic heterocycles. The molecule has 0 bridgehead atoms. The van der Waals surface area contributed by atoms with Crippen molar-refractivity contribution in [1.82, 2.24) is 10.2 Å². The fourth-order valence-electron chi connectivity index (χ4n) is 3.57. The van der Waals surface area contributed by atoms with Crippen molar-refractivity contribution in [2.45, 2.75) is 38.1 Å². The predicted molar refractivity (Wildman–Crippen MR) is 95.7 cm³/mol. The molecule has 1 aliphatic heterocycles. The number of hydrogen-bond acceptors (Lipinski definition) is 3. The molecule has 2 atom stereocenters. The average molecular weight is 384 g/mol. The zero-order chi connectivity index (χ0) is 18.2. The summed E-state index contributed by atoms with van der Waals surface area (Å²) < 4.78 is 0. The summed E-state index contributed by atoms with van der Waals surface area (Å²) in [6, 6.07) is 4.33. The molecule has 8 heteroatoms. The number of rotatable bonds is 3. The van der Waals surface area contributed by atoms with Gasteiger partial charge in [0.1, 0.15) is 12.1 Å². The lowest BCUT2D eigenvalue weighted by Crippen LogP contribution is -2.54. The van der Waals surface area contributed by atoms with E-state index in [-0.39, 0.29) is 23.4 Å². The summed E-state index contributed by atoms with van der Waals surface area (Å²) in [6.07, 6.45) is 3.41. The lowest BCUT2D eigenvalue weighted by atomic mass is 9.73. The van der Waals surface area contributed by atoms with Crippen LogP contribution < -0.4 is 10.6 Å². The molecular weight excluding hydrogens is 365 g/mol. The van der Waals surface area contributed by atoms with E-state index in [4.69, 9.17) is 23.2 Å². The first-order valence-corrected chi connectivity index (χ1v) is 8.99. The zero-order valence-corrected chi connectivity index (χ0v) is 15.3. The maximum atomic E-state index is 12.8. The highest BCUT2D eigenvalue weighted by molar-refractivity contribution is 6.44. The molecule has 1 aromatic carbocycles. The van der Waals surface area contributed by atoms with Crippen LogP contribution in [0, 0.1) is 5.92 Å². The number of carbonyl (C=O) groups excluding carboxylic acids is 3. The Kier molecular flexibility index (Phi) is 4.93. The first-order chi connectivity index (χ1) is 11.8. The summed E-state index contributed by atoms with van der Waals surface area (Å²) >= 11 is 12.0. The van der Waals surface area contributed by atoms with Crippen molar-refractivity contribution in [2.75, 3.05) is 11.9 Å². The summed E-state index contributed by atoms with van der Waals surface area (Å²) in [5.74, 6) is -0.779. The molecule has 2 N–H and O–H groups in total. The monoisotopic (exact) mass is 383 g/mol. The minimum absolute atomic E-state index is 0.0492. The summed E-state index contributed by atoms with van der Waals surface area (Å²) in [5, 5.41) is 5.94. The van der Waals surface area contributed by atoms with Gasteiger partial charge in [0.25, 0.3) is 5.91 Å². The molecular formula is C17H19Cl2N3O3. The van der Waals surface area contributed by atoms with Crippen LogP contribution in [-0.2, 0) is 9.59 Å². The maximum Gasteiger partial charge on any atom is 0.325 e. The van der Waals surface area contributed by atoms with Gasteiger partial charge in [-0.1, -0.05) is 49.0 Å². The summed E-state index contributed by atoms with van der Waals surface area (Å²) in [5.41, 5.74) is -0.532. The average Bonchev–Trinajstić information content (AvgIpc) is 2.80. The zero-order valence-electron chi connectivity index (χ0n) is 13.8. The molecule has 1 saturated heterocycles. The third-order valence-corrected chi connectivity index (χ3v) is 5.85. The van der Waals surface area contributed by atoms with Crippen LogP contribution >= 0.6 is 23.2 Å². The molecule has 4 amide bonds. The Balaban J connectivity index is 1.72. The Labute approximate surface area is 155 Å². The van der Waals surface area contributed by atoms with Crippen molar-refractivity contribution in [1.29, 1.82) is 0 Å². The maximum absolute atomic E-state index is 12.8. The third-order valence-electron chi connectivity index (χ3n) is 5.03. The minimum atomic E-state index is -0.872. The molecule has 0 radical (unpaired) electrons. The third kappa shape index (κ3) is 3.20. The van der Waals surface area contributed by atoms with Gasteiger partial charge in [-0.05, 0) is 30.9 Å². The van der Waals surface area contributed by atoms with Crippen LogP contribution in [0.2, 0.25) is 10.0 Å². The quantitative estimate of drug-likeness (QED) is 0.784. The summed E-state index contributed by atoms with van der Waals surface area (Å²) in [6.45, 7) is 1.61. The largest absolute Gasteiger partial charge is 0.325 e. The topological polar surface area (TPSA) is 78.5 Å². The standard InChI is InChI=1S/C17H19Cl2N3O3/c1-10-5-2-3-8-17(10)15(24)22(16(25)21-17)9-13(23)20-12-7-4-6-11(18)14(12)19/h4,6-7,10H,2-3,5,8-9H2,1H3,(H,20,23)(H,21,25)/t10-,17-/m1/s1. The Hall–Kier alpha value is -1.79. The molecule has 3 rings (SSSR count). The van der Waals surface area contributed by atoms with E-state index >= 15 is 0 Å². The highest BCUT2D eigenvalue weighted by Gasteiger charge is 2.55. The molecule has 6 nitrogen and oxygen atoms in total. The van der Waals surface area contributed by atoms with Gasteiger partial charge in [0, 0.05) is 0 Å². The number of hydrogen-bond donors (Lipinski definition) is 2. The molecule has 25 heavy (non-hydrogen) atoms. The Bertz CT molecular complexity index is 740. The lowest BCUT2D eigenvalue weighted by Gasteiger charge is -2.36. The molecule has 1 aromatic rings. The van der Waals surface area contributed by atoms with Crippen molar-refractivity contribution in [2.24, 2.45) is 5.92 Å². The van der Waals surface area contributed by atoms with Crippen LogP contribution in [0.1, 0.15) is 32.6 Å². The van der Waals surface area contributed by atoms with Crippen LogP contribution in [0.25, 0.3) is 0 Å². The van der Waals surface area contributed by atoms with Gasteiger partial charge in [0.2, 0.25) is 5.91 Å². The summed E-state index contributed by atoms with van der Waals surface area (Å²) in [7, 11) is 0. The van der Waals surface area contributed by atoms with Crippen LogP contribution in [-0.4, -0.2) is 34.8 Å². The number of urea groups is 1. The fourth-order valence-corrected chi connectivity index (χ4v) is 3.92. The van der Waals surface area contributed by atoms with Crippen molar-refractivity contribution >= 4 is 46.7 Å². The van der Waals surface area contributed by atoms with Crippen molar-refractivity contribution in [3.63, 3.8) is 0 Å². The predicted octanol–water partition coefficient (Wildman–Crippen LogP) is 3.43. The second-order valence-corrected chi connectivity index (χ2v) is 7.37. The van der Waals surface area contributed by atoms with Crippen molar-refractivity contribution in [3.05, 3.63) is 28.2 Å². The Morgan fingerprint density at radius 3 is 2.84 bits per heavy atom. The second-order valence-electron chi connectivity index (χ2n) is 6.59. The van der Waals surface area contributed by atoms with Gasteiger partial charge in [0.15, 0.2) is 0 Å². The highest BCUT2D eigenvalue weighted by atomic mass is 35.5.